The maximum atomic E-state index is 13.8. The zero-order valence-corrected chi connectivity index (χ0v) is 17.3. The van der Waals surface area contributed by atoms with Crippen molar-refractivity contribution in [2.45, 2.75) is 23.6 Å². The SMILES string of the molecule is Cc1ccc(S(=O)(=O)Nc2ccc(C)c(S(=O)(=O)Nc3ccccc3F)c2)cc1. The Hall–Kier alpha value is -2.91. The van der Waals surface area contributed by atoms with Crippen molar-refractivity contribution >= 4 is 31.4 Å². The topological polar surface area (TPSA) is 92.3 Å². The first kappa shape index (κ1) is 20.8. The number of rotatable bonds is 6. The van der Waals surface area contributed by atoms with Crippen molar-refractivity contribution in [3.8, 4) is 0 Å². The smallest absolute Gasteiger partial charge is 0.262 e. The van der Waals surface area contributed by atoms with E-state index in [0.29, 0.717) is 5.56 Å². The van der Waals surface area contributed by atoms with Crippen LogP contribution < -0.4 is 9.44 Å². The van der Waals surface area contributed by atoms with Crippen LogP contribution in [0.15, 0.2) is 76.5 Å². The monoisotopic (exact) mass is 434 g/mol. The van der Waals surface area contributed by atoms with E-state index in [9.17, 15) is 21.2 Å². The quantitative estimate of drug-likeness (QED) is 0.612. The first-order chi connectivity index (χ1) is 13.6. The molecule has 0 amide bonds. The summed E-state index contributed by atoms with van der Waals surface area (Å²) in [5, 5.41) is 0. The molecular weight excluding hydrogens is 415 g/mol. The third-order valence-corrected chi connectivity index (χ3v) is 7.08. The number of nitrogens with one attached hydrogen (secondary N) is 2. The predicted molar refractivity (Wildman–Crippen MR) is 110 cm³/mol. The number of hydrogen-bond donors (Lipinski definition) is 2. The lowest BCUT2D eigenvalue weighted by molar-refractivity contribution is 0.597. The molecule has 3 aromatic rings. The van der Waals surface area contributed by atoms with Crippen molar-refractivity contribution in [2.75, 3.05) is 9.44 Å². The summed E-state index contributed by atoms with van der Waals surface area (Å²) < 4.78 is 69.0. The van der Waals surface area contributed by atoms with Crippen molar-refractivity contribution < 1.29 is 21.2 Å². The van der Waals surface area contributed by atoms with Gasteiger partial charge in [-0.2, -0.15) is 0 Å². The molecule has 0 atom stereocenters. The van der Waals surface area contributed by atoms with E-state index in [-0.39, 0.29) is 21.2 Å². The second-order valence-electron chi connectivity index (χ2n) is 6.48. The van der Waals surface area contributed by atoms with Gasteiger partial charge in [0.25, 0.3) is 20.0 Å². The van der Waals surface area contributed by atoms with Gasteiger partial charge in [0.2, 0.25) is 0 Å². The Morgan fingerprint density at radius 3 is 2.07 bits per heavy atom. The molecule has 2 N–H and O–H groups in total. The molecule has 29 heavy (non-hydrogen) atoms. The fourth-order valence-electron chi connectivity index (χ4n) is 2.63. The van der Waals surface area contributed by atoms with Gasteiger partial charge in [0, 0.05) is 0 Å². The summed E-state index contributed by atoms with van der Waals surface area (Å²) in [7, 11) is -8.04. The van der Waals surface area contributed by atoms with Gasteiger partial charge in [0.15, 0.2) is 0 Å². The van der Waals surface area contributed by atoms with Crippen LogP contribution in [-0.2, 0) is 20.0 Å². The van der Waals surface area contributed by atoms with E-state index in [1.54, 1.807) is 19.1 Å². The van der Waals surface area contributed by atoms with E-state index in [1.807, 2.05) is 6.92 Å². The van der Waals surface area contributed by atoms with Crippen LogP contribution in [0.25, 0.3) is 0 Å². The Kier molecular flexibility index (Phi) is 5.63. The van der Waals surface area contributed by atoms with Gasteiger partial charge in [-0.1, -0.05) is 35.9 Å². The van der Waals surface area contributed by atoms with E-state index < -0.39 is 25.9 Å². The summed E-state index contributed by atoms with van der Waals surface area (Å²) in [5.74, 6) is -0.718. The van der Waals surface area contributed by atoms with E-state index in [1.165, 1.54) is 48.5 Å². The lowest BCUT2D eigenvalue weighted by Gasteiger charge is -2.14. The molecule has 0 fully saturated rings. The molecule has 0 aromatic heterocycles. The van der Waals surface area contributed by atoms with Crippen LogP contribution in [0.2, 0.25) is 0 Å². The average molecular weight is 435 g/mol. The molecule has 0 heterocycles. The van der Waals surface area contributed by atoms with Crippen LogP contribution in [0, 0.1) is 19.7 Å². The fraction of sp³-hybridized carbons (Fsp3) is 0.100. The molecule has 0 saturated heterocycles. The largest absolute Gasteiger partial charge is 0.280 e. The molecule has 152 valence electrons. The predicted octanol–water partition coefficient (Wildman–Crippen LogP) is 4.04. The first-order valence-corrected chi connectivity index (χ1v) is 11.5. The molecule has 3 aromatic carbocycles. The minimum absolute atomic E-state index is 0.0533. The number of benzene rings is 3. The van der Waals surface area contributed by atoms with Crippen molar-refractivity contribution in [3.05, 3.63) is 83.7 Å². The lowest BCUT2D eigenvalue weighted by atomic mass is 10.2. The van der Waals surface area contributed by atoms with Crippen molar-refractivity contribution in [1.82, 2.24) is 0 Å². The van der Waals surface area contributed by atoms with Crippen molar-refractivity contribution in [1.29, 1.82) is 0 Å². The highest BCUT2D eigenvalue weighted by Crippen LogP contribution is 2.25. The van der Waals surface area contributed by atoms with E-state index in [4.69, 9.17) is 0 Å². The van der Waals surface area contributed by atoms with Crippen LogP contribution in [0.4, 0.5) is 15.8 Å². The second kappa shape index (κ2) is 7.84. The van der Waals surface area contributed by atoms with Gasteiger partial charge in [0.05, 0.1) is 21.2 Å². The minimum Gasteiger partial charge on any atom is -0.280 e. The molecule has 0 aliphatic heterocycles. The highest BCUT2D eigenvalue weighted by molar-refractivity contribution is 7.93. The van der Waals surface area contributed by atoms with Crippen molar-refractivity contribution in [2.24, 2.45) is 0 Å². The van der Waals surface area contributed by atoms with Gasteiger partial charge < -0.3 is 0 Å². The van der Waals surface area contributed by atoms with Crippen molar-refractivity contribution in [3.63, 3.8) is 0 Å². The minimum atomic E-state index is -4.14. The van der Waals surface area contributed by atoms with E-state index >= 15 is 0 Å². The molecule has 3 rings (SSSR count). The van der Waals surface area contributed by atoms with Gasteiger partial charge in [-0.15, -0.1) is 0 Å². The standard InChI is InChI=1S/C20H19FN2O4S2/c1-14-7-11-17(12-8-14)28(24,25)22-16-10-9-15(2)20(13-16)29(26,27)23-19-6-4-3-5-18(19)21/h3-13,22-23H,1-2H3. The molecule has 0 unspecified atom stereocenters. The summed E-state index contributed by atoms with van der Waals surface area (Å²) in [6, 6.07) is 15.8. The summed E-state index contributed by atoms with van der Waals surface area (Å²) in [6.45, 7) is 3.40. The van der Waals surface area contributed by atoms with Gasteiger partial charge >= 0.3 is 0 Å². The third-order valence-electron chi connectivity index (χ3n) is 4.18. The van der Waals surface area contributed by atoms with E-state index in [0.717, 1.165) is 11.6 Å². The van der Waals surface area contributed by atoms with Gasteiger partial charge in [-0.3, -0.25) is 9.44 Å². The highest BCUT2D eigenvalue weighted by Gasteiger charge is 2.21. The number of para-hydroxylation sites is 1. The fourth-order valence-corrected chi connectivity index (χ4v) is 5.02. The Bertz CT molecular complexity index is 1260. The number of halogens is 1. The van der Waals surface area contributed by atoms with Crippen LogP contribution in [-0.4, -0.2) is 16.8 Å². The Labute approximate surface area is 169 Å². The Balaban J connectivity index is 1.93. The normalized spacial score (nSPS) is 11.8. The number of aryl methyl sites for hydroxylation is 2. The zero-order chi connectivity index (χ0) is 21.2. The summed E-state index contributed by atoms with van der Waals surface area (Å²) >= 11 is 0. The molecule has 0 saturated carbocycles. The molecule has 0 spiro atoms. The van der Waals surface area contributed by atoms with Crippen LogP contribution in [0.1, 0.15) is 11.1 Å². The maximum absolute atomic E-state index is 13.8. The summed E-state index contributed by atoms with van der Waals surface area (Å²) in [5.41, 5.74) is 1.17. The molecule has 0 radical (unpaired) electrons. The van der Waals surface area contributed by atoms with Crippen LogP contribution >= 0.6 is 0 Å². The highest BCUT2D eigenvalue weighted by atomic mass is 32.2. The maximum Gasteiger partial charge on any atom is 0.262 e. The summed E-state index contributed by atoms with van der Waals surface area (Å²) in [4.78, 5) is -0.109. The zero-order valence-electron chi connectivity index (χ0n) is 15.7. The number of anilines is 2. The summed E-state index contributed by atoms with van der Waals surface area (Å²) in [6.07, 6.45) is 0. The Morgan fingerprint density at radius 2 is 1.41 bits per heavy atom. The first-order valence-electron chi connectivity index (χ1n) is 8.56. The molecular formula is C20H19FN2O4S2. The average Bonchev–Trinajstić information content (AvgIpc) is 2.65. The molecule has 0 bridgehead atoms. The number of sulfonamides is 2. The lowest BCUT2D eigenvalue weighted by Crippen LogP contribution is -2.17. The van der Waals surface area contributed by atoms with Crippen LogP contribution in [0.3, 0.4) is 0 Å². The second-order valence-corrected chi connectivity index (χ2v) is 9.82. The van der Waals surface area contributed by atoms with Gasteiger partial charge in [0.1, 0.15) is 5.82 Å². The molecule has 0 aliphatic carbocycles. The molecule has 9 heteroatoms. The third kappa shape index (κ3) is 4.75. The molecule has 0 aliphatic rings. The van der Waals surface area contributed by atoms with Gasteiger partial charge in [-0.25, -0.2) is 21.2 Å². The van der Waals surface area contributed by atoms with Crippen LogP contribution in [0.5, 0.6) is 0 Å². The van der Waals surface area contributed by atoms with Gasteiger partial charge in [-0.05, 0) is 55.8 Å². The Morgan fingerprint density at radius 1 is 0.759 bits per heavy atom. The number of hydrogen-bond acceptors (Lipinski definition) is 4. The van der Waals surface area contributed by atoms with E-state index in [2.05, 4.69) is 9.44 Å². The molecule has 6 nitrogen and oxygen atoms in total.